The second kappa shape index (κ2) is 6.37. The molecule has 6 heteroatoms. The van der Waals surface area contributed by atoms with Gasteiger partial charge in [0.15, 0.2) is 9.84 Å². The lowest BCUT2D eigenvalue weighted by atomic mass is 10.0. The predicted octanol–water partition coefficient (Wildman–Crippen LogP) is 1.65. The summed E-state index contributed by atoms with van der Waals surface area (Å²) < 4.78 is 35.4. The molecule has 0 radical (unpaired) electrons. The lowest BCUT2D eigenvalue weighted by molar-refractivity contribution is 0.485. The molecule has 1 aromatic carbocycles. The third-order valence-electron chi connectivity index (χ3n) is 3.81. The van der Waals surface area contributed by atoms with E-state index in [9.17, 15) is 12.6 Å². The van der Waals surface area contributed by atoms with Gasteiger partial charge in [0.05, 0.1) is 10.6 Å². The van der Waals surface area contributed by atoms with E-state index in [1.165, 1.54) is 0 Å². The molecular weight excluding hydrogens is 294 g/mol. The third kappa shape index (κ3) is 3.48. The molecular formula is C14H21NO3S2. The maximum atomic E-state index is 12.0. The first kappa shape index (κ1) is 15.7. The summed E-state index contributed by atoms with van der Waals surface area (Å²) in [5, 5.41) is 3.56. The Morgan fingerprint density at radius 1 is 1.40 bits per heavy atom. The Kier molecular flexibility index (Phi) is 4.99. The lowest BCUT2D eigenvalue weighted by Crippen LogP contribution is -2.31. The first-order valence-corrected chi connectivity index (χ1v) is 10.1. The van der Waals surface area contributed by atoms with E-state index in [2.05, 4.69) is 5.32 Å². The van der Waals surface area contributed by atoms with E-state index < -0.39 is 20.6 Å². The van der Waals surface area contributed by atoms with Crippen LogP contribution in [0.25, 0.3) is 0 Å². The molecule has 1 N–H and O–H groups in total. The number of hydrogen-bond donors (Lipinski definition) is 1. The van der Waals surface area contributed by atoms with Crippen LogP contribution in [0, 0.1) is 0 Å². The minimum atomic E-state index is -3.12. The predicted molar refractivity (Wildman–Crippen MR) is 82.0 cm³/mol. The third-order valence-corrected chi connectivity index (χ3v) is 7.00. The SMILES string of the molecule is CC(CCNC1CCS(=O)(=O)c2ccccc21)S(C)=O. The Hall–Kier alpha value is -0.720. The fourth-order valence-electron chi connectivity index (χ4n) is 2.43. The Bertz CT molecular complexity index is 598. The highest BCUT2D eigenvalue weighted by molar-refractivity contribution is 7.91. The molecule has 1 aromatic rings. The number of nitrogens with one attached hydrogen (secondary N) is 1. The lowest BCUT2D eigenvalue weighted by Gasteiger charge is -2.26. The number of benzene rings is 1. The number of rotatable bonds is 5. The molecule has 0 saturated heterocycles. The average molecular weight is 315 g/mol. The molecule has 20 heavy (non-hydrogen) atoms. The van der Waals surface area contributed by atoms with Crippen molar-refractivity contribution in [2.75, 3.05) is 18.6 Å². The van der Waals surface area contributed by atoms with Crippen LogP contribution in [0.2, 0.25) is 0 Å². The van der Waals surface area contributed by atoms with Gasteiger partial charge in [0.25, 0.3) is 0 Å². The standard InChI is InChI=1S/C14H21NO3S2/c1-11(19(2)16)7-9-15-13-8-10-20(17,18)14-6-4-3-5-12(13)14/h3-6,11,13,15H,7-10H2,1-2H3. The number of sulfone groups is 1. The molecule has 2 rings (SSSR count). The van der Waals surface area contributed by atoms with Crippen molar-refractivity contribution >= 4 is 20.6 Å². The Labute approximate surface area is 123 Å². The number of hydrogen-bond acceptors (Lipinski definition) is 4. The van der Waals surface area contributed by atoms with Gasteiger partial charge in [-0.1, -0.05) is 25.1 Å². The van der Waals surface area contributed by atoms with E-state index >= 15 is 0 Å². The van der Waals surface area contributed by atoms with Gasteiger partial charge in [0, 0.05) is 28.3 Å². The van der Waals surface area contributed by atoms with Crippen LogP contribution < -0.4 is 5.32 Å². The van der Waals surface area contributed by atoms with E-state index in [0.717, 1.165) is 18.5 Å². The molecule has 3 atom stereocenters. The molecule has 3 unspecified atom stereocenters. The van der Waals surface area contributed by atoms with Crippen LogP contribution in [0.1, 0.15) is 31.4 Å². The van der Waals surface area contributed by atoms with Crippen LogP contribution in [0.5, 0.6) is 0 Å². The highest BCUT2D eigenvalue weighted by Gasteiger charge is 2.29. The molecule has 1 aliphatic heterocycles. The fourth-order valence-corrected chi connectivity index (χ4v) is 4.50. The average Bonchev–Trinajstić information content (AvgIpc) is 2.41. The Morgan fingerprint density at radius 2 is 2.10 bits per heavy atom. The minimum absolute atomic E-state index is 0.0761. The van der Waals surface area contributed by atoms with Crippen LogP contribution in [0.4, 0.5) is 0 Å². The maximum Gasteiger partial charge on any atom is 0.178 e. The first-order valence-electron chi connectivity index (χ1n) is 6.79. The zero-order chi connectivity index (χ0) is 14.8. The summed E-state index contributed by atoms with van der Waals surface area (Å²) >= 11 is 0. The molecule has 0 saturated carbocycles. The van der Waals surface area contributed by atoms with Gasteiger partial charge >= 0.3 is 0 Å². The van der Waals surface area contributed by atoms with Crippen molar-refractivity contribution in [3.05, 3.63) is 29.8 Å². The summed E-state index contributed by atoms with van der Waals surface area (Å²) in [6.07, 6.45) is 3.14. The van der Waals surface area contributed by atoms with Crippen molar-refractivity contribution < 1.29 is 12.6 Å². The van der Waals surface area contributed by atoms with Gasteiger partial charge in [-0.3, -0.25) is 4.21 Å². The van der Waals surface area contributed by atoms with Gasteiger partial charge in [-0.15, -0.1) is 0 Å². The van der Waals surface area contributed by atoms with Crippen molar-refractivity contribution in [2.45, 2.75) is 36.0 Å². The molecule has 0 fully saturated rings. The summed E-state index contributed by atoms with van der Waals surface area (Å²) in [4.78, 5) is 0.455. The van der Waals surface area contributed by atoms with Crippen molar-refractivity contribution in [3.8, 4) is 0 Å². The largest absolute Gasteiger partial charge is 0.310 e. The molecule has 0 amide bonds. The first-order chi connectivity index (χ1) is 9.42. The molecule has 1 heterocycles. The van der Waals surface area contributed by atoms with E-state index in [1.54, 1.807) is 18.4 Å². The van der Waals surface area contributed by atoms with Crippen molar-refractivity contribution in [2.24, 2.45) is 0 Å². The fraction of sp³-hybridized carbons (Fsp3) is 0.571. The summed E-state index contributed by atoms with van der Waals surface area (Å²) in [6, 6.07) is 7.28. The molecule has 1 aliphatic rings. The van der Waals surface area contributed by atoms with E-state index in [1.807, 2.05) is 19.1 Å². The van der Waals surface area contributed by atoms with Crippen LogP contribution in [0.3, 0.4) is 0 Å². The highest BCUT2D eigenvalue weighted by Crippen LogP contribution is 2.31. The van der Waals surface area contributed by atoms with E-state index in [-0.39, 0.29) is 17.0 Å². The Morgan fingerprint density at radius 3 is 2.80 bits per heavy atom. The van der Waals surface area contributed by atoms with Gasteiger partial charge in [-0.05, 0) is 31.0 Å². The van der Waals surface area contributed by atoms with Crippen molar-refractivity contribution in [3.63, 3.8) is 0 Å². The number of fused-ring (bicyclic) bond motifs is 1. The molecule has 0 aromatic heterocycles. The van der Waals surface area contributed by atoms with Gasteiger partial charge in [-0.25, -0.2) is 8.42 Å². The van der Waals surface area contributed by atoms with Crippen LogP contribution >= 0.6 is 0 Å². The molecule has 4 nitrogen and oxygen atoms in total. The summed E-state index contributed by atoms with van der Waals surface area (Å²) in [5.41, 5.74) is 0.865. The smallest absolute Gasteiger partial charge is 0.178 e. The van der Waals surface area contributed by atoms with E-state index in [4.69, 9.17) is 0 Å². The minimum Gasteiger partial charge on any atom is -0.310 e. The van der Waals surface area contributed by atoms with Crippen molar-refractivity contribution in [1.29, 1.82) is 0 Å². The van der Waals surface area contributed by atoms with Gasteiger partial charge in [-0.2, -0.15) is 0 Å². The molecule has 0 aliphatic carbocycles. The second-order valence-electron chi connectivity index (χ2n) is 5.25. The topological polar surface area (TPSA) is 63.2 Å². The van der Waals surface area contributed by atoms with Crippen LogP contribution in [-0.2, 0) is 20.6 Å². The zero-order valence-corrected chi connectivity index (χ0v) is 13.5. The summed E-state index contributed by atoms with van der Waals surface area (Å²) in [6.45, 7) is 2.72. The van der Waals surface area contributed by atoms with Crippen LogP contribution in [-0.4, -0.2) is 36.4 Å². The monoisotopic (exact) mass is 315 g/mol. The van der Waals surface area contributed by atoms with Crippen LogP contribution in [0.15, 0.2) is 29.2 Å². The van der Waals surface area contributed by atoms with Gasteiger partial charge < -0.3 is 5.32 Å². The molecule has 112 valence electrons. The second-order valence-corrected chi connectivity index (χ2v) is 9.13. The summed E-state index contributed by atoms with van der Waals surface area (Å²) in [5.74, 6) is 0.191. The molecule has 0 spiro atoms. The van der Waals surface area contributed by atoms with Crippen molar-refractivity contribution in [1.82, 2.24) is 5.32 Å². The van der Waals surface area contributed by atoms with Gasteiger partial charge in [0.2, 0.25) is 0 Å². The van der Waals surface area contributed by atoms with E-state index in [0.29, 0.717) is 11.3 Å². The zero-order valence-electron chi connectivity index (χ0n) is 11.8. The Balaban J connectivity index is 2.06. The molecule has 0 bridgehead atoms. The quantitative estimate of drug-likeness (QED) is 0.897. The maximum absolute atomic E-state index is 12.0. The summed E-state index contributed by atoms with van der Waals surface area (Å²) in [7, 11) is -3.93. The highest BCUT2D eigenvalue weighted by atomic mass is 32.2. The normalized spacial score (nSPS) is 23.8. The van der Waals surface area contributed by atoms with Gasteiger partial charge in [0.1, 0.15) is 0 Å².